The van der Waals surface area contributed by atoms with E-state index in [1.165, 1.54) is 12.1 Å². The van der Waals surface area contributed by atoms with Gasteiger partial charge in [0.15, 0.2) is 0 Å². The second-order valence-electron chi connectivity index (χ2n) is 5.58. The number of epoxide rings is 1. The molecule has 0 N–H and O–H groups in total. The van der Waals surface area contributed by atoms with E-state index in [1.54, 1.807) is 7.11 Å². The summed E-state index contributed by atoms with van der Waals surface area (Å²) in [6.07, 6.45) is -4.62. The summed E-state index contributed by atoms with van der Waals surface area (Å²) in [5, 5.41) is 0. The fourth-order valence-corrected chi connectivity index (χ4v) is 2.44. The zero-order chi connectivity index (χ0) is 17.2. The molecule has 1 fully saturated rings. The zero-order valence-corrected chi connectivity index (χ0v) is 13.0. The van der Waals surface area contributed by atoms with Crippen molar-refractivity contribution in [1.29, 1.82) is 0 Å². The number of halogens is 3. The summed E-state index contributed by atoms with van der Waals surface area (Å²) in [5.41, 5.74) is 1.10. The Labute approximate surface area is 138 Å². The van der Waals surface area contributed by atoms with Gasteiger partial charge >= 0.3 is 6.18 Å². The Morgan fingerprint density at radius 1 is 1.00 bits per heavy atom. The highest BCUT2D eigenvalue weighted by Gasteiger charge is 2.40. The number of ether oxygens (including phenoxy) is 3. The number of hydrogen-bond acceptors (Lipinski definition) is 3. The average molecular weight is 338 g/mol. The van der Waals surface area contributed by atoms with Crippen molar-refractivity contribution < 1.29 is 27.4 Å². The first-order chi connectivity index (χ1) is 11.5. The highest BCUT2D eigenvalue weighted by Crippen LogP contribution is 2.40. The molecule has 0 amide bonds. The number of methoxy groups -OCH3 is 1. The van der Waals surface area contributed by atoms with Crippen molar-refractivity contribution in [3.63, 3.8) is 0 Å². The first kappa shape index (κ1) is 16.8. The molecule has 0 bridgehead atoms. The van der Waals surface area contributed by atoms with Crippen LogP contribution >= 0.6 is 0 Å². The number of hydrogen-bond donors (Lipinski definition) is 0. The zero-order valence-electron chi connectivity index (χ0n) is 13.0. The molecule has 1 aliphatic rings. The Kier molecular flexibility index (Phi) is 4.78. The van der Waals surface area contributed by atoms with E-state index >= 15 is 0 Å². The highest BCUT2D eigenvalue weighted by molar-refractivity contribution is 5.29. The van der Waals surface area contributed by atoms with Crippen molar-refractivity contribution in [3.05, 3.63) is 65.2 Å². The van der Waals surface area contributed by atoms with Crippen molar-refractivity contribution in [2.45, 2.75) is 25.0 Å². The third kappa shape index (κ3) is 4.07. The minimum absolute atomic E-state index is 0.111. The van der Waals surface area contributed by atoms with Crippen molar-refractivity contribution in [2.24, 2.45) is 0 Å². The Balaban J connectivity index is 1.45. The van der Waals surface area contributed by atoms with Crippen LogP contribution in [0.5, 0.6) is 5.75 Å². The SMILES string of the molecule is COc1ccc(COC[C@@H]2O[C@H]2c2ccc(C(F)(F)F)cc2)cc1. The minimum atomic E-state index is -4.32. The summed E-state index contributed by atoms with van der Waals surface area (Å²) in [7, 11) is 1.61. The Bertz CT molecular complexity index is 665. The van der Waals surface area contributed by atoms with E-state index in [1.807, 2.05) is 24.3 Å². The third-order valence-electron chi connectivity index (χ3n) is 3.86. The molecule has 0 unspecified atom stereocenters. The number of benzene rings is 2. The molecule has 24 heavy (non-hydrogen) atoms. The number of rotatable bonds is 6. The predicted octanol–water partition coefficient (Wildman–Crippen LogP) is 4.37. The van der Waals surface area contributed by atoms with E-state index in [2.05, 4.69) is 0 Å². The lowest BCUT2D eigenvalue weighted by Crippen LogP contribution is -2.05. The van der Waals surface area contributed by atoms with E-state index in [4.69, 9.17) is 14.2 Å². The summed E-state index contributed by atoms with van der Waals surface area (Å²) in [5.74, 6) is 0.784. The molecular weight excluding hydrogens is 321 g/mol. The van der Waals surface area contributed by atoms with Crippen molar-refractivity contribution in [2.75, 3.05) is 13.7 Å². The normalized spacial score (nSPS) is 20.0. The molecule has 2 aromatic carbocycles. The lowest BCUT2D eigenvalue weighted by molar-refractivity contribution is -0.137. The molecule has 128 valence electrons. The standard InChI is InChI=1S/C18H17F3O3/c1-22-15-8-2-12(3-9-15)10-23-11-16-17(24-16)13-4-6-14(7-5-13)18(19,20)21/h2-9,16-17H,10-11H2,1H3/t16-,17-/m0/s1. The van der Waals surface area contributed by atoms with Crippen molar-refractivity contribution in [1.82, 2.24) is 0 Å². The van der Waals surface area contributed by atoms with Gasteiger partial charge in [-0.2, -0.15) is 13.2 Å². The van der Waals surface area contributed by atoms with Gasteiger partial charge < -0.3 is 14.2 Å². The topological polar surface area (TPSA) is 31.0 Å². The molecule has 2 atom stereocenters. The molecule has 0 aromatic heterocycles. The second kappa shape index (κ2) is 6.83. The quantitative estimate of drug-likeness (QED) is 0.733. The van der Waals surface area contributed by atoms with Crippen molar-refractivity contribution in [3.8, 4) is 5.75 Å². The molecule has 0 spiro atoms. The van der Waals surface area contributed by atoms with E-state index in [0.717, 1.165) is 29.0 Å². The van der Waals surface area contributed by atoms with Gasteiger partial charge in [0.2, 0.25) is 0 Å². The minimum Gasteiger partial charge on any atom is -0.497 e. The van der Waals surface area contributed by atoms with E-state index in [9.17, 15) is 13.2 Å². The van der Waals surface area contributed by atoms with Crippen LogP contribution in [0.1, 0.15) is 22.8 Å². The van der Waals surface area contributed by atoms with E-state index in [-0.39, 0.29) is 12.2 Å². The highest BCUT2D eigenvalue weighted by atomic mass is 19.4. The van der Waals surface area contributed by atoms with Crippen LogP contribution in [-0.4, -0.2) is 19.8 Å². The van der Waals surface area contributed by atoms with Crippen molar-refractivity contribution >= 4 is 0 Å². The van der Waals surface area contributed by atoms with E-state index < -0.39 is 11.7 Å². The molecule has 0 aliphatic carbocycles. The van der Waals surface area contributed by atoms with Gasteiger partial charge in [-0.3, -0.25) is 0 Å². The van der Waals surface area contributed by atoms with E-state index in [0.29, 0.717) is 13.2 Å². The molecule has 3 nitrogen and oxygen atoms in total. The van der Waals surface area contributed by atoms with Gasteiger partial charge in [0.05, 0.1) is 25.9 Å². The summed E-state index contributed by atoms with van der Waals surface area (Å²) in [6, 6.07) is 12.6. The molecule has 1 heterocycles. The Morgan fingerprint density at radius 2 is 1.67 bits per heavy atom. The Hall–Kier alpha value is -2.05. The summed E-state index contributed by atoms with van der Waals surface area (Å²) < 4.78 is 53.7. The van der Waals surface area contributed by atoms with Gasteiger partial charge in [0.1, 0.15) is 18.0 Å². The monoisotopic (exact) mass is 338 g/mol. The van der Waals surface area contributed by atoms with Crippen LogP contribution in [-0.2, 0) is 22.3 Å². The lowest BCUT2D eigenvalue weighted by atomic mass is 10.1. The third-order valence-corrected chi connectivity index (χ3v) is 3.86. The molecular formula is C18H17F3O3. The molecule has 3 rings (SSSR count). The van der Waals surface area contributed by atoms with Gasteiger partial charge in [0.25, 0.3) is 0 Å². The van der Waals surface area contributed by atoms with Crippen LogP contribution in [0.15, 0.2) is 48.5 Å². The van der Waals surface area contributed by atoms with Gasteiger partial charge in [-0.25, -0.2) is 0 Å². The number of alkyl halides is 3. The first-order valence-corrected chi connectivity index (χ1v) is 7.50. The average Bonchev–Trinajstić information content (AvgIpc) is 3.34. The summed E-state index contributed by atoms with van der Waals surface area (Å²) >= 11 is 0. The fraction of sp³-hybridized carbons (Fsp3) is 0.333. The maximum Gasteiger partial charge on any atom is 0.416 e. The molecule has 1 aliphatic heterocycles. The van der Waals surface area contributed by atoms with Crippen LogP contribution in [0, 0.1) is 0 Å². The molecule has 2 aromatic rings. The van der Waals surface area contributed by atoms with Gasteiger partial charge in [-0.1, -0.05) is 24.3 Å². The van der Waals surface area contributed by atoms with Crippen LogP contribution in [0.25, 0.3) is 0 Å². The summed E-state index contributed by atoms with van der Waals surface area (Å²) in [6.45, 7) is 0.849. The van der Waals surface area contributed by atoms with Crippen LogP contribution in [0.4, 0.5) is 13.2 Å². The first-order valence-electron chi connectivity index (χ1n) is 7.50. The van der Waals surface area contributed by atoms with Crippen LogP contribution in [0.2, 0.25) is 0 Å². The molecule has 0 radical (unpaired) electrons. The summed E-state index contributed by atoms with van der Waals surface area (Å²) in [4.78, 5) is 0. The molecule has 1 saturated heterocycles. The molecule has 0 saturated carbocycles. The van der Waals surface area contributed by atoms with Gasteiger partial charge in [-0.15, -0.1) is 0 Å². The van der Waals surface area contributed by atoms with Gasteiger partial charge in [-0.05, 0) is 35.4 Å². The van der Waals surface area contributed by atoms with Crippen LogP contribution < -0.4 is 4.74 Å². The largest absolute Gasteiger partial charge is 0.497 e. The maximum atomic E-state index is 12.5. The second-order valence-corrected chi connectivity index (χ2v) is 5.58. The van der Waals surface area contributed by atoms with Crippen LogP contribution in [0.3, 0.4) is 0 Å². The predicted molar refractivity (Wildman–Crippen MR) is 81.7 cm³/mol. The maximum absolute atomic E-state index is 12.5. The Morgan fingerprint density at radius 3 is 2.25 bits per heavy atom. The smallest absolute Gasteiger partial charge is 0.416 e. The molecule has 6 heteroatoms. The van der Waals surface area contributed by atoms with Gasteiger partial charge in [0, 0.05) is 0 Å². The fourth-order valence-electron chi connectivity index (χ4n) is 2.44. The lowest BCUT2D eigenvalue weighted by Gasteiger charge is -2.06.